The minimum atomic E-state index is -0.0843. The van der Waals surface area contributed by atoms with E-state index < -0.39 is 0 Å². The second-order valence-electron chi connectivity index (χ2n) is 10.5. The second kappa shape index (κ2) is 10.3. The fourth-order valence-electron chi connectivity index (χ4n) is 5.91. The summed E-state index contributed by atoms with van der Waals surface area (Å²) >= 11 is 1.75. The fourth-order valence-corrected chi connectivity index (χ4v) is 6.75. The Kier molecular flexibility index (Phi) is 7.24. The summed E-state index contributed by atoms with van der Waals surface area (Å²) in [6, 6.07) is 15.9. The van der Waals surface area contributed by atoms with Crippen molar-refractivity contribution in [1.82, 2.24) is 24.6 Å². The minimum Gasteiger partial charge on any atom is -0.507 e. The van der Waals surface area contributed by atoms with Crippen LogP contribution in [0.1, 0.15) is 41.4 Å². The van der Waals surface area contributed by atoms with Gasteiger partial charge in [0.1, 0.15) is 5.75 Å². The third-order valence-electron chi connectivity index (χ3n) is 7.96. The molecule has 0 radical (unpaired) electrons. The normalized spacial score (nSPS) is 20.3. The van der Waals surface area contributed by atoms with Gasteiger partial charge in [0.15, 0.2) is 16.8 Å². The minimum absolute atomic E-state index is 0. The lowest BCUT2D eigenvalue weighted by Crippen LogP contribution is -2.28. The van der Waals surface area contributed by atoms with Crippen LogP contribution in [0.2, 0.25) is 0 Å². The molecule has 198 valence electrons. The van der Waals surface area contributed by atoms with E-state index in [1.807, 2.05) is 44.3 Å². The van der Waals surface area contributed by atoms with Crippen molar-refractivity contribution in [2.24, 2.45) is 13.0 Å². The van der Waals surface area contributed by atoms with Crippen LogP contribution >= 0.6 is 24.2 Å². The van der Waals surface area contributed by atoms with Crippen LogP contribution in [-0.4, -0.2) is 60.9 Å². The van der Waals surface area contributed by atoms with Crippen LogP contribution in [0, 0.1) is 12.8 Å². The molecule has 3 heterocycles. The van der Waals surface area contributed by atoms with Crippen LogP contribution in [0.5, 0.6) is 5.75 Å². The van der Waals surface area contributed by atoms with E-state index in [9.17, 15) is 9.90 Å². The zero-order valence-corrected chi connectivity index (χ0v) is 23.5. The Morgan fingerprint density at radius 1 is 1.18 bits per heavy atom. The molecule has 1 saturated carbocycles. The number of carbonyl (C=O) groups excluding carboxylic acids is 1. The first kappa shape index (κ1) is 26.7. The first-order chi connectivity index (χ1) is 17.9. The molecule has 38 heavy (non-hydrogen) atoms. The number of thioether (sulfide) groups is 1. The molecule has 1 saturated heterocycles. The van der Waals surface area contributed by atoms with E-state index in [0.717, 1.165) is 64.9 Å². The maximum atomic E-state index is 11.9. The lowest BCUT2D eigenvalue weighted by molar-refractivity contribution is 0.101. The summed E-state index contributed by atoms with van der Waals surface area (Å²) in [7, 11) is 2.03. The Balaban J connectivity index is 0.00000294. The average Bonchev–Trinajstić information content (AvgIpc) is 3.25. The molecule has 9 heteroatoms. The number of pyridine rings is 1. The molecule has 2 aromatic heterocycles. The summed E-state index contributed by atoms with van der Waals surface area (Å²) in [6.07, 6.45) is 2.24. The van der Waals surface area contributed by atoms with Crippen molar-refractivity contribution < 1.29 is 9.90 Å². The largest absolute Gasteiger partial charge is 0.507 e. The first-order valence-electron chi connectivity index (χ1n) is 12.8. The highest BCUT2D eigenvalue weighted by molar-refractivity contribution is 7.99. The van der Waals surface area contributed by atoms with Gasteiger partial charge in [0, 0.05) is 47.9 Å². The number of ketones is 1. The van der Waals surface area contributed by atoms with Gasteiger partial charge < -0.3 is 14.6 Å². The maximum absolute atomic E-state index is 11.9. The predicted molar refractivity (Wildman–Crippen MR) is 153 cm³/mol. The topological polar surface area (TPSA) is 84.1 Å². The molecular weight excluding hydrogens is 518 g/mol. The summed E-state index contributed by atoms with van der Waals surface area (Å²) in [5.41, 5.74) is 4.81. The Hall–Kier alpha value is -2.94. The number of phenolic OH excluding ortho intramolecular Hbond substituents is 1. The second-order valence-corrected chi connectivity index (χ2v) is 11.5. The van der Waals surface area contributed by atoms with Gasteiger partial charge in [0.2, 0.25) is 0 Å². The Labute approximate surface area is 233 Å². The van der Waals surface area contributed by atoms with Crippen LogP contribution in [0.15, 0.2) is 53.7 Å². The van der Waals surface area contributed by atoms with E-state index in [0.29, 0.717) is 11.5 Å². The molecule has 1 aliphatic heterocycles. The van der Waals surface area contributed by atoms with Gasteiger partial charge in [0.25, 0.3) is 0 Å². The van der Waals surface area contributed by atoms with Crippen molar-refractivity contribution in [3.05, 3.63) is 65.4 Å². The number of likely N-dealkylation sites (tertiary alicyclic amines) is 1. The summed E-state index contributed by atoms with van der Waals surface area (Å²) in [4.78, 5) is 19.1. The van der Waals surface area contributed by atoms with E-state index in [1.54, 1.807) is 17.8 Å². The number of piperidine rings is 1. The highest BCUT2D eigenvalue weighted by Crippen LogP contribution is 2.59. The van der Waals surface area contributed by atoms with Crippen LogP contribution in [0.3, 0.4) is 0 Å². The molecule has 4 aromatic rings. The third-order valence-corrected chi connectivity index (χ3v) is 9.07. The summed E-state index contributed by atoms with van der Waals surface area (Å²) < 4.78 is 2.08. The molecule has 2 atom stereocenters. The van der Waals surface area contributed by atoms with Gasteiger partial charge in [-0.15, -0.1) is 22.6 Å². The van der Waals surface area contributed by atoms with Crippen molar-refractivity contribution in [2.75, 3.05) is 25.4 Å². The van der Waals surface area contributed by atoms with Gasteiger partial charge in [-0.2, -0.15) is 0 Å². The SMILES string of the molecule is CC(=O)c1cc(C23C[C@H]2CN(CCCSc2nnc(-c4cccc5nc(C)ccc45)n2C)C3)ccc1O.Cl. The van der Waals surface area contributed by atoms with Gasteiger partial charge in [-0.25, -0.2) is 0 Å². The van der Waals surface area contributed by atoms with E-state index >= 15 is 0 Å². The van der Waals surface area contributed by atoms with Crippen LogP contribution in [-0.2, 0) is 12.5 Å². The average molecular weight is 550 g/mol. The van der Waals surface area contributed by atoms with Gasteiger partial charge in [0.05, 0.1) is 11.1 Å². The molecule has 7 nitrogen and oxygen atoms in total. The third kappa shape index (κ3) is 4.70. The van der Waals surface area contributed by atoms with Crippen molar-refractivity contribution in [2.45, 2.75) is 37.3 Å². The molecule has 0 amide bonds. The van der Waals surface area contributed by atoms with Gasteiger partial charge in [-0.3, -0.25) is 9.78 Å². The van der Waals surface area contributed by atoms with Crippen molar-refractivity contribution >= 4 is 40.9 Å². The van der Waals surface area contributed by atoms with Crippen molar-refractivity contribution in [3.8, 4) is 17.1 Å². The number of hydrogen-bond donors (Lipinski definition) is 1. The first-order valence-corrected chi connectivity index (χ1v) is 13.8. The lowest BCUT2D eigenvalue weighted by atomic mass is 9.92. The highest BCUT2D eigenvalue weighted by atomic mass is 35.5. The van der Waals surface area contributed by atoms with Crippen LogP contribution < -0.4 is 0 Å². The number of nitrogens with zero attached hydrogens (tertiary/aromatic N) is 5. The predicted octanol–water partition coefficient (Wildman–Crippen LogP) is 5.42. The number of hydrogen-bond acceptors (Lipinski definition) is 7. The molecule has 0 bridgehead atoms. The molecule has 2 fully saturated rings. The Morgan fingerprint density at radius 3 is 2.84 bits per heavy atom. The zero-order valence-electron chi connectivity index (χ0n) is 21.8. The fraction of sp³-hybridized carbons (Fsp3) is 0.379. The van der Waals surface area contributed by atoms with Gasteiger partial charge in [-0.05, 0) is 69.0 Å². The number of aryl methyl sites for hydroxylation is 1. The quantitative estimate of drug-likeness (QED) is 0.178. The molecular formula is C29H32ClN5O2S. The van der Waals surface area contributed by atoms with E-state index in [1.165, 1.54) is 18.9 Å². The van der Waals surface area contributed by atoms with Crippen molar-refractivity contribution in [1.29, 1.82) is 0 Å². The number of aromatic nitrogens is 4. The Bertz CT molecular complexity index is 1520. The molecule has 6 rings (SSSR count). The van der Waals surface area contributed by atoms with Gasteiger partial charge in [-0.1, -0.05) is 36.0 Å². The monoisotopic (exact) mass is 549 g/mol. The van der Waals surface area contributed by atoms with E-state index in [2.05, 4.69) is 36.8 Å². The number of rotatable bonds is 8. The molecule has 1 unspecified atom stereocenters. The molecule has 1 aliphatic carbocycles. The summed E-state index contributed by atoms with van der Waals surface area (Å²) in [6.45, 7) is 6.68. The number of benzene rings is 2. The number of halogens is 1. The number of fused-ring (bicyclic) bond motifs is 2. The van der Waals surface area contributed by atoms with E-state index in [-0.39, 0.29) is 29.4 Å². The Morgan fingerprint density at radius 2 is 2.03 bits per heavy atom. The highest BCUT2D eigenvalue weighted by Gasteiger charge is 2.60. The maximum Gasteiger partial charge on any atom is 0.191 e. The summed E-state index contributed by atoms with van der Waals surface area (Å²) in [5, 5.41) is 21.0. The standard InChI is InChI=1S/C29H31N5O2S.ClH/c1-18-8-10-22-23(6-4-7-25(22)30-18)27-31-32-28(33(27)3)37-13-5-12-34-16-21-15-29(21,17-34)20-9-11-26(36)24(14-20)19(2)35;/h4,6-11,14,21,36H,5,12-13,15-17H2,1-3H3;1H/t21-,29?;/m0./s1. The van der Waals surface area contributed by atoms with Gasteiger partial charge >= 0.3 is 0 Å². The smallest absolute Gasteiger partial charge is 0.191 e. The number of phenols is 1. The molecule has 1 N–H and O–H groups in total. The number of Topliss-reactive ketones (excluding diaryl/α,β-unsaturated/α-hetero) is 1. The van der Waals surface area contributed by atoms with E-state index in [4.69, 9.17) is 0 Å². The number of aromatic hydroxyl groups is 1. The summed E-state index contributed by atoms with van der Waals surface area (Å²) in [5.74, 6) is 2.48. The molecule has 0 spiro atoms. The zero-order chi connectivity index (χ0) is 25.7. The van der Waals surface area contributed by atoms with Crippen molar-refractivity contribution in [3.63, 3.8) is 0 Å². The van der Waals surface area contributed by atoms with Crippen LogP contribution in [0.25, 0.3) is 22.3 Å². The van der Waals surface area contributed by atoms with Crippen LogP contribution in [0.4, 0.5) is 0 Å². The number of carbonyl (C=O) groups is 1. The molecule has 2 aliphatic rings. The molecule has 2 aromatic carbocycles. The lowest BCUT2D eigenvalue weighted by Gasteiger charge is -2.21.